The lowest BCUT2D eigenvalue weighted by atomic mass is 10.1. The Hall–Kier alpha value is -3.46. The Morgan fingerprint density at radius 2 is 2.00 bits per heavy atom. The molecule has 1 unspecified atom stereocenters. The summed E-state index contributed by atoms with van der Waals surface area (Å²) in [5, 5.41) is 7.72. The number of anilines is 1. The number of aromatic amines is 2. The molecule has 28 heavy (non-hydrogen) atoms. The number of hydrogen-bond acceptors (Lipinski definition) is 5. The minimum atomic E-state index is -2.86. The third-order valence-electron chi connectivity index (χ3n) is 4.43. The molecular formula is C19H18F2N6O. The molecular weight excluding hydrogens is 366 g/mol. The lowest BCUT2D eigenvalue weighted by Gasteiger charge is -2.11. The maximum Gasteiger partial charge on any atom is 0.387 e. The molecule has 0 aliphatic rings. The number of H-pyrrole nitrogens is 2. The van der Waals surface area contributed by atoms with Crippen LogP contribution in [0.15, 0.2) is 48.7 Å². The molecule has 7 nitrogen and oxygen atoms in total. The Kier molecular flexibility index (Phi) is 4.66. The van der Waals surface area contributed by atoms with Crippen LogP contribution in [0.2, 0.25) is 0 Å². The molecule has 0 spiro atoms. The molecule has 4 rings (SSSR count). The fourth-order valence-electron chi connectivity index (χ4n) is 3.08. The first-order valence-electron chi connectivity index (χ1n) is 8.58. The molecule has 0 saturated carbocycles. The highest BCUT2D eigenvalue weighted by Crippen LogP contribution is 2.26. The lowest BCUT2D eigenvalue weighted by molar-refractivity contribution is -0.0498. The number of ether oxygens (including phenoxy) is 1. The van der Waals surface area contributed by atoms with Gasteiger partial charge < -0.3 is 21.2 Å². The average Bonchev–Trinajstić information content (AvgIpc) is 3.29. The summed E-state index contributed by atoms with van der Waals surface area (Å²) in [7, 11) is 0. The maximum absolute atomic E-state index is 12.4. The monoisotopic (exact) mass is 384 g/mol. The van der Waals surface area contributed by atoms with Crippen molar-refractivity contribution in [3.8, 4) is 17.0 Å². The van der Waals surface area contributed by atoms with Gasteiger partial charge in [-0.1, -0.05) is 18.2 Å². The molecule has 0 saturated heterocycles. The van der Waals surface area contributed by atoms with E-state index < -0.39 is 12.7 Å². The van der Waals surface area contributed by atoms with Crippen LogP contribution < -0.4 is 16.2 Å². The van der Waals surface area contributed by atoms with E-state index in [1.807, 2.05) is 18.2 Å². The van der Waals surface area contributed by atoms with Crippen molar-refractivity contribution in [3.05, 3.63) is 60.0 Å². The number of rotatable bonds is 6. The Balaban J connectivity index is 1.51. The molecule has 0 bridgehead atoms. The number of nitrogen functional groups attached to an aromatic ring is 1. The highest BCUT2D eigenvalue weighted by Gasteiger charge is 2.14. The second kappa shape index (κ2) is 7.28. The number of aromatic nitrogens is 4. The fraction of sp³-hybridized carbons (Fsp3) is 0.158. The third kappa shape index (κ3) is 3.65. The van der Waals surface area contributed by atoms with Crippen molar-refractivity contribution in [2.75, 3.05) is 5.73 Å². The highest BCUT2D eigenvalue weighted by atomic mass is 19.3. The summed E-state index contributed by atoms with van der Waals surface area (Å²) in [4.78, 5) is 7.58. The average molecular weight is 384 g/mol. The van der Waals surface area contributed by atoms with E-state index in [1.54, 1.807) is 24.4 Å². The normalized spacial score (nSPS) is 12.6. The Labute approximate surface area is 158 Å². The summed E-state index contributed by atoms with van der Waals surface area (Å²) < 4.78 is 29.2. The summed E-state index contributed by atoms with van der Waals surface area (Å²) in [6.07, 6.45) is 2.12. The second-order valence-electron chi connectivity index (χ2n) is 6.39. The number of hydrogen-bond donors (Lipinski definition) is 4. The zero-order chi connectivity index (χ0) is 19.7. The number of fused-ring (bicyclic) bond motifs is 1. The van der Waals surface area contributed by atoms with Gasteiger partial charge in [0.05, 0.1) is 23.4 Å². The minimum absolute atomic E-state index is 0.104. The molecule has 0 fully saturated rings. The van der Waals surface area contributed by atoms with Gasteiger partial charge in [0.15, 0.2) is 5.82 Å². The van der Waals surface area contributed by atoms with Gasteiger partial charge in [0, 0.05) is 10.9 Å². The number of alkyl halides is 2. The van der Waals surface area contributed by atoms with Crippen molar-refractivity contribution in [3.63, 3.8) is 0 Å². The van der Waals surface area contributed by atoms with Crippen molar-refractivity contribution in [1.82, 2.24) is 20.2 Å². The van der Waals surface area contributed by atoms with Gasteiger partial charge in [0.25, 0.3) is 0 Å². The van der Waals surface area contributed by atoms with Crippen LogP contribution in [0, 0.1) is 0 Å². The summed E-state index contributed by atoms with van der Waals surface area (Å²) in [5.74, 6) is 1.15. The fourth-order valence-corrected chi connectivity index (χ4v) is 3.08. The van der Waals surface area contributed by atoms with Gasteiger partial charge >= 0.3 is 6.61 Å². The summed E-state index contributed by atoms with van der Waals surface area (Å²) in [6.45, 7) is -2.86. The quantitative estimate of drug-likeness (QED) is 0.406. The maximum atomic E-state index is 12.4. The topological polar surface area (TPSA) is 119 Å². The van der Waals surface area contributed by atoms with Gasteiger partial charge in [-0.2, -0.15) is 13.9 Å². The Morgan fingerprint density at radius 1 is 1.14 bits per heavy atom. The van der Waals surface area contributed by atoms with Crippen molar-refractivity contribution >= 4 is 16.7 Å². The molecule has 1 atom stereocenters. The largest absolute Gasteiger partial charge is 0.435 e. The zero-order valence-electron chi connectivity index (χ0n) is 14.7. The molecule has 9 heteroatoms. The number of nitrogens with one attached hydrogen (secondary N) is 2. The standard InChI is InChI=1S/C19H18F2N6O/c20-19(21)28-12-3-1-2-10(6-12)7-14(22)18-24-9-16(25-18)11-4-5-13-15(8-11)26-27-17(13)23/h1-6,8-9,14,19H,7,22H2,(H,24,25)(H3,23,26,27). The first-order chi connectivity index (χ1) is 13.5. The van der Waals surface area contributed by atoms with Gasteiger partial charge in [-0.25, -0.2) is 4.98 Å². The molecule has 0 amide bonds. The predicted octanol–water partition coefficient (Wildman–Crippen LogP) is 3.38. The first kappa shape index (κ1) is 17.9. The van der Waals surface area contributed by atoms with Gasteiger partial charge in [0.1, 0.15) is 11.6 Å². The molecule has 0 radical (unpaired) electrons. The van der Waals surface area contributed by atoms with Crippen LogP contribution in [-0.2, 0) is 6.42 Å². The van der Waals surface area contributed by atoms with Crippen LogP contribution in [0.5, 0.6) is 5.75 Å². The lowest BCUT2D eigenvalue weighted by Crippen LogP contribution is -2.15. The number of nitrogens with two attached hydrogens (primary N) is 2. The number of halogens is 2. The van der Waals surface area contributed by atoms with Crippen molar-refractivity contribution < 1.29 is 13.5 Å². The summed E-state index contributed by atoms with van der Waals surface area (Å²) >= 11 is 0. The Morgan fingerprint density at radius 3 is 2.82 bits per heavy atom. The van der Waals surface area contributed by atoms with E-state index in [-0.39, 0.29) is 5.75 Å². The highest BCUT2D eigenvalue weighted by molar-refractivity contribution is 5.91. The van der Waals surface area contributed by atoms with Crippen LogP contribution in [-0.4, -0.2) is 26.8 Å². The van der Waals surface area contributed by atoms with E-state index in [2.05, 4.69) is 24.9 Å². The zero-order valence-corrected chi connectivity index (χ0v) is 14.7. The third-order valence-corrected chi connectivity index (χ3v) is 4.43. The van der Waals surface area contributed by atoms with Gasteiger partial charge in [-0.05, 0) is 36.2 Å². The van der Waals surface area contributed by atoms with Crippen LogP contribution in [0.3, 0.4) is 0 Å². The predicted molar refractivity (Wildman–Crippen MR) is 102 cm³/mol. The molecule has 2 heterocycles. The Bertz CT molecular complexity index is 1110. The number of imidazole rings is 1. The van der Waals surface area contributed by atoms with Crippen LogP contribution in [0.1, 0.15) is 17.4 Å². The van der Waals surface area contributed by atoms with Crippen LogP contribution in [0.25, 0.3) is 22.2 Å². The molecule has 2 aromatic heterocycles. The smallest absolute Gasteiger partial charge is 0.387 e. The van der Waals surface area contributed by atoms with E-state index in [0.29, 0.717) is 18.1 Å². The van der Waals surface area contributed by atoms with Gasteiger partial charge in [-0.3, -0.25) is 5.10 Å². The summed E-state index contributed by atoms with van der Waals surface area (Å²) in [6, 6.07) is 11.8. The van der Waals surface area contributed by atoms with Crippen molar-refractivity contribution in [2.45, 2.75) is 19.1 Å². The van der Waals surface area contributed by atoms with E-state index in [4.69, 9.17) is 11.5 Å². The molecule has 4 aromatic rings. The van der Waals surface area contributed by atoms with E-state index in [9.17, 15) is 8.78 Å². The molecule has 0 aliphatic heterocycles. The van der Waals surface area contributed by atoms with Crippen LogP contribution >= 0.6 is 0 Å². The van der Waals surface area contributed by atoms with E-state index in [1.165, 1.54) is 6.07 Å². The minimum Gasteiger partial charge on any atom is -0.435 e. The molecule has 0 aliphatic carbocycles. The second-order valence-corrected chi connectivity index (χ2v) is 6.39. The number of nitrogens with zero attached hydrogens (tertiary/aromatic N) is 2. The van der Waals surface area contributed by atoms with Gasteiger partial charge in [0.2, 0.25) is 0 Å². The molecule has 144 valence electrons. The molecule has 2 aromatic carbocycles. The van der Waals surface area contributed by atoms with Gasteiger partial charge in [-0.15, -0.1) is 0 Å². The van der Waals surface area contributed by atoms with Crippen molar-refractivity contribution in [1.29, 1.82) is 0 Å². The van der Waals surface area contributed by atoms with E-state index >= 15 is 0 Å². The summed E-state index contributed by atoms with van der Waals surface area (Å²) in [5.41, 5.74) is 15.4. The SMILES string of the molecule is Nc1n[nH]c2cc(-c3cnc(C(N)Cc4cccc(OC(F)F)c4)[nH]3)ccc12. The molecule has 6 N–H and O–H groups in total. The number of benzene rings is 2. The van der Waals surface area contributed by atoms with Crippen LogP contribution in [0.4, 0.5) is 14.6 Å². The van der Waals surface area contributed by atoms with E-state index in [0.717, 1.165) is 27.7 Å². The van der Waals surface area contributed by atoms with Crippen molar-refractivity contribution in [2.24, 2.45) is 5.73 Å². The first-order valence-corrected chi connectivity index (χ1v) is 8.58.